The third-order valence-electron chi connectivity index (χ3n) is 4.28. The number of benzene rings is 3. The van der Waals surface area contributed by atoms with Gasteiger partial charge in [-0.05, 0) is 61.0 Å². The van der Waals surface area contributed by atoms with Crippen molar-refractivity contribution in [3.8, 4) is 0 Å². The van der Waals surface area contributed by atoms with Crippen LogP contribution in [0.25, 0.3) is 0 Å². The Kier molecular flexibility index (Phi) is 7.19. The molecule has 31 heavy (non-hydrogen) atoms. The van der Waals surface area contributed by atoms with Crippen molar-refractivity contribution in [3.05, 3.63) is 94.2 Å². The highest BCUT2D eigenvalue weighted by molar-refractivity contribution is 9.10. The Balaban J connectivity index is 1.82. The fourth-order valence-corrected chi connectivity index (χ4v) is 4.34. The number of hydrogen-bond acceptors (Lipinski definition) is 4. The maximum atomic E-state index is 13.3. The first-order valence-corrected chi connectivity index (χ1v) is 11.4. The number of sulfonamides is 1. The van der Waals surface area contributed by atoms with Crippen molar-refractivity contribution in [3.63, 3.8) is 0 Å². The third kappa shape index (κ3) is 5.99. The molecule has 0 fully saturated rings. The SMILES string of the molecule is Cc1ccc(N(CC(=O)N/N=C\c2ccc(Br)cc2)S(=O)(=O)c2ccc(F)cc2)cc1. The number of aryl methyl sites for hydroxylation is 1. The number of rotatable bonds is 7. The summed E-state index contributed by atoms with van der Waals surface area (Å²) < 4.78 is 41.5. The van der Waals surface area contributed by atoms with Crippen LogP contribution in [0.3, 0.4) is 0 Å². The molecular weight excluding hydrogens is 485 g/mol. The highest BCUT2D eigenvalue weighted by Gasteiger charge is 2.27. The highest BCUT2D eigenvalue weighted by atomic mass is 79.9. The number of amides is 1. The number of hydrazone groups is 1. The zero-order chi connectivity index (χ0) is 22.4. The van der Waals surface area contributed by atoms with Gasteiger partial charge in [-0.25, -0.2) is 18.2 Å². The van der Waals surface area contributed by atoms with Crippen LogP contribution >= 0.6 is 15.9 Å². The van der Waals surface area contributed by atoms with Gasteiger partial charge in [0.05, 0.1) is 16.8 Å². The molecule has 0 atom stereocenters. The summed E-state index contributed by atoms with van der Waals surface area (Å²) in [6, 6.07) is 18.4. The van der Waals surface area contributed by atoms with Gasteiger partial charge in [-0.15, -0.1) is 0 Å². The van der Waals surface area contributed by atoms with E-state index in [2.05, 4.69) is 26.5 Å². The Morgan fingerprint density at radius 2 is 1.65 bits per heavy atom. The molecule has 3 aromatic rings. The summed E-state index contributed by atoms with van der Waals surface area (Å²) >= 11 is 3.33. The van der Waals surface area contributed by atoms with Crippen LogP contribution in [0.5, 0.6) is 0 Å². The van der Waals surface area contributed by atoms with E-state index in [1.54, 1.807) is 36.4 Å². The molecule has 9 heteroatoms. The molecule has 0 heterocycles. The molecule has 0 saturated heterocycles. The molecule has 0 bridgehead atoms. The Morgan fingerprint density at radius 3 is 2.26 bits per heavy atom. The summed E-state index contributed by atoms with van der Waals surface area (Å²) in [6.07, 6.45) is 1.45. The quantitative estimate of drug-likeness (QED) is 0.386. The molecule has 0 spiro atoms. The predicted molar refractivity (Wildman–Crippen MR) is 122 cm³/mol. The van der Waals surface area contributed by atoms with Crippen molar-refractivity contribution in [2.24, 2.45) is 5.10 Å². The van der Waals surface area contributed by atoms with Gasteiger partial charge >= 0.3 is 0 Å². The van der Waals surface area contributed by atoms with E-state index >= 15 is 0 Å². The predicted octanol–water partition coefficient (Wildman–Crippen LogP) is 4.24. The second-order valence-corrected chi connectivity index (χ2v) is 9.42. The summed E-state index contributed by atoms with van der Waals surface area (Å²) in [5.74, 6) is -1.18. The molecule has 1 amide bonds. The summed E-state index contributed by atoms with van der Waals surface area (Å²) in [5, 5.41) is 3.89. The van der Waals surface area contributed by atoms with Gasteiger partial charge in [0.2, 0.25) is 0 Å². The lowest BCUT2D eigenvalue weighted by atomic mass is 10.2. The molecule has 0 unspecified atom stereocenters. The number of nitrogens with zero attached hydrogens (tertiary/aromatic N) is 2. The van der Waals surface area contributed by atoms with Crippen molar-refractivity contribution >= 4 is 43.8 Å². The van der Waals surface area contributed by atoms with Gasteiger partial charge in [0.15, 0.2) is 0 Å². The Labute approximate surface area is 188 Å². The van der Waals surface area contributed by atoms with E-state index in [9.17, 15) is 17.6 Å². The second-order valence-electron chi connectivity index (χ2n) is 6.65. The van der Waals surface area contributed by atoms with E-state index in [-0.39, 0.29) is 4.90 Å². The van der Waals surface area contributed by atoms with Crippen LogP contribution in [0, 0.1) is 12.7 Å². The third-order valence-corrected chi connectivity index (χ3v) is 6.60. The van der Waals surface area contributed by atoms with E-state index in [0.717, 1.165) is 44.2 Å². The van der Waals surface area contributed by atoms with E-state index in [1.165, 1.54) is 6.21 Å². The normalized spacial score (nSPS) is 11.5. The topological polar surface area (TPSA) is 78.8 Å². The minimum absolute atomic E-state index is 0.124. The van der Waals surface area contributed by atoms with Gasteiger partial charge in [-0.2, -0.15) is 5.10 Å². The molecular formula is C22H19BrFN3O3S. The lowest BCUT2D eigenvalue weighted by molar-refractivity contribution is -0.119. The lowest BCUT2D eigenvalue weighted by Crippen LogP contribution is -2.39. The Bertz CT molecular complexity index is 1180. The van der Waals surface area contributed by atoms with Gasteiger partial charge in [0.25, 0.3) is 15.9 Å². The number of anilines is 1. The fraction of sp³-hybridized carbons (Fsp3) is 0.0909. The lowest BCUT2D eigenvalue weighted by Gasteiger charge is -2.23. The molecule has 1 N–H and O–H groups in total. The van der Waals surface area contributed by atoms with Crippen molar-refractivity contribution in [2.45, 2.75) is 11.8 Å². The molecule has 3 aromatic carbocycles. The molecule has 0 aliphatic rings. The van der Waals surface area contributed by atoms with Gasteiger partial charge in [0.1, 0.15) is 12.4 Å². The molecule has 0 radical (unpaired) electrons. The molecule has 0 aliphatic heterocycles. The minimum Gasteiger partial charge on any atom is -0.271 e. The molecule has 0 aliphatic carbocycles. The first kappa shape index (κ1) is 22.6. The van der Waals surface area contributed by atoms with Crippen LogP contribution in [-0.2, 0) is 14.8 Å². The molecule has 0 aromatic heterocycles. The monoisotopic (exact) mass is 503 g/mol. The number of carbonyl (C=O) groups is 1. The van der Waals surface area contributed by atoms with E-state index in [1.807, 2.05) is 19.1 Å². The van der Waals surface area contributed by atoms with Crippen LogP contribution in [0.15, 0.2) is 87.3 Å². The number of carbonyl (C=O) groups excluding carboxylic acids is 1. The summed E-state index contributed by atoms with van der Waals surface area (Å²) in [6.45, 7) is 1.37. The fourth-order valence-electron chi connectivity index (χ4n) is 2.65. The van der Waals surface area contributed by atoms with E-state index in [0.29, 0.717) is 5.69 Å². The average Bonchev–Trinajstić information content (AvgIpc) is 2.74. The van der Waals surface area contributed by atoms with Crippen LogP contribution in [0.2, 0.25) is 0 Å². The van der Waals surface area contributed by atoms with Gasteiger partial charge < -0.3 is 0 Å². The molecule has 6 nitrogen and oxygen atoms in total. The highest BCUT2D eigenvalue weighted by Crippen LogP contribution is 2.24. The van der Waals surface area contributed by atoms with Crippen molar-refractivity contribution in [1.82, 2.24) is 5.43 Å². The van der Waals surface area contributed by atoms with Crippen LogP contribution in [-0.4, -0.2) is 27.1 Å². The Hall–Kier alpha value is -3.04. The van der Waals surface area contributed by atoms with Crippen molar-refractivity contribution < 1.29 is 17.6 Å². The molecule has 3 rings (SSSR count). The molecule has 0 saturated carbocycles. The number of nitrogens with one attached hydrogen (secondary N) is 1. The van der Waals surface area contributed by atoms with Gasteiger partial charge in [-0.3, -0.25) is 9.10 Å². The summed E-state index contributed by atoms with van der Waals surface area (Å²) in [5.41, 5.74) is 4.35. The number of halogens is 2. The smallest absolute Gasteiger partial charge is 0.264 e. The van der Waals surface area contributed by atoms with E-state index < -0.39 is 28.3 Å². The maximum Gasteiger partial charge on any atom is 0.264 e. The molecule has 160 valence electrons. The van der Waals surface area contributed by atoms with Crippen LogP contribution < -0.4 is 9.73 Å². The van der Waals surface area contributed by atoms with Crippen molar-refractivity contribution in [2.75, 3.05) is 10.8 Å². The minimum atomic E-state index is -4.11. The van der Waals surface area contributed by atoms with E-state index in [4.69, 9.17) is 0 Å². The average molecular weight is 504 g/mol. The van der Waals surface area contributed by atoms with Crippen molar-refractivity contribution in [1.29, 1.82) is 0 Å². The first-order chi connectivity index (χ1) is 14.8. The standard InChI is InChI=1S/C22H19BrFN3O3S/c1-16-2-10-20(11-3-16)27(31(29,30)21-12-8-19(24)9-13-21)15-22(28)26-25-14-17-4-6-18(23)7-5-17/h2-14H,15H2,1H3,(H,26,28)/b25-14-. The van der Waals surface area contributed by atoms with Gasteiger partial charge in [-0.1, -0.05) is 45.8 Å². The Morgan fingerprint density at radius 1 is 1.03 bits per heavy atom. The number of hydrogen-bond donors (Lipinski definition) is 1. The van der Waals surface area contributed by atoms with Crippen LogP contribution in [0.1, 0.15) is 11.1 Å². The summed E-state index contributed by atoms with van der Waals surface area (Å²) in [7, 11) is -4.11. The van der Waals surface area contributed by atoms with Gasteiger partial charge in [0, 0.05) is 4.47 Å². The first-order valence-electron chi connectivity index (χ1n) is 9.18. The zero-order valence-electron chi connectivity index (χ0n) is 16.5. The zero-order valence-corrected chi connectivity index (χ0v) is 18.9. The second kappa shape index (κ2) is 9.84. The largest absolute Gasteiger partial charge is 0.271 e. The summed E-state index contributed by atoms with van der Waals surface area (Å²) in [4.78, 5) is 12.3. The maximum absolute atomic E-state index is 13.3. The van der Waals surface area contributed by atoms with Crippen LogP contribution in [0.4, 0.5) is 10.1 Å².